The van der Waals surface area contributed by atoms with E-state index in [4.69, 9.17) is 5.10 Å². The molecule has 0 aliphatic rings. The van der Waals surface area contributed by atoms with E-state index in [0.29, 0.717) is 29.6 Å². The second kappa shape index (κ2) is 8.58. The van der Waals surface area contributed by atoms with Crippen LogP contribution in [0.5, 0.6) is 0 Å². The first-order valence-corrected chi connectivity index (χ1v) is 10.3. The molecule has 0 bridgehead atoms. The molecule has 0 spiro atoms. The van der Waals surface area contributed by atoms with E-state index in [1.54, 1.807) is 29.2 Å². The van der Waals surface area contributed by atoms with Gasteiger partial charge in [-0.1, -0.05) is 24.6 Å². The van der Waals surface area contributed by atoms with Gasteiger partial charge < -0.3 is 10.4 Å². The zero-order chi connectivity index (χ0) is 22.8. The number of aromatic nitrogens is 5. The van der Waals surface area contributed by atoms with Crippen molar-refractivity contribution in [3.05, 3.63) is 77.1 Å². The van der Waals surface area contributed by atoms with E-state index in [-0.39, 0.29) is 5.56 Å². The third-order valence-corrected chi connectivity index (χ3v) is 5.07. The molecule has 0 aliphatic carbocycles. The predicted octanol–water partition coefficient (Wildman–Crippen LogP) is 4.65. The van der Waals surface area contributed by atoms with Gasteiger partial charge in [0.25, 0.3) is 0 Å². The van der Waals surface area contributed by atoms with Crippen LogP contribution in [0.1, 0.15) is 40.1 Å². The van der Waals surface area contributed by atoms with E-state index in [9.17, 15) is 9.90 Å². The van der Waals surface area contributed by atoms with Crippen molar-refractivity contribution in [1.29, 1.82) is 0 Å². The fraction of sp³-hybridized carbons (Fsp3) is 0.208. The number of carbonyl (C=O) groups is 1. The lowest BCUT2D eigenvalue weighted by Gasteiger charge is -2.15. The maximum absolute atomic E-state index is 11.9. The molecule has 0 unspecified atom stereocenters. The number of hydrogen-bond donors (Lipinski definition) is 2. The summed E-state index contributed by atoms with van der Waals surface area (Å²) in [7, 11) is 0. The fourth-order valence-corrected chi connectivity index (χ4v) is 3.68. The van der Waals surface area contributed by atoms with Crippen LogP contribution < -0.4 is 5.32 Å². The monoisotopic (exact) mass is 428 g/mol. The van der Waals surface area contributed by atoms with Gasteiger partial charge in [0.05, 0.1) is 16.9 Å². The van der Waals surface area contributed by atoms with Gasteiger partial charge in [-0.25, -0.2) is 14.8 Å². The van der Waals surface area contributed by atoms with Crippen molar-refractivity contribution in [3.8, 4) is 16.9 Å². The number of rotatable bonds is 6. The Morgan fingerprint density at radius 3 is 2.59 bits per heavy atom. The molecular formula is C24H24N6O2. The molecule has 3 aromatic heterocycles. The van der Waals surface area contributed by atoms with E-state index >= 15 is 0 Å². The lowest BCUT2D eigenvalue weighted by atomic mass is 10.0. The number of carboxylic acids is 1. The van der Waals surface area contributed by atoms with Crippen LogP contribution in [-0.2, 0) is 6.42 Å². The molecule has 0 amide bonds. The topological polar surface area (TPSA) is 106 Å². The molecule has 162 valence electrons. The van der Waals surface area contributed by atoms with Crippen LogP contribution in [0.3, 0.4) is 0 Å². The van der Waals surface area contributed by atoms with E-state index < -0.39 is 5.97 Å². The largest absolute Gasteiger partial charge is 0.478 e. The SMILES string of the molecule is CCc1nn(-c2cc(C)nc(C)n2)c(Nc2ccc(C)cc2C(=O)O)c1-c1cccnc1. The Kier molecular flexibility index (Phi) is 5.68. The summed E-state index contributed by atoms with van der Waals surface area (Å²) in [6, 6.07) is 11.0. The first kappa shape index (κ1) is 21.2. The van der Waals surface area contributed by atoms with Gasteiger partial charge in [0, 0.05) is 35.3 Å². The summed E-state index contributed by atoms with van der Waals surface area (Å²) in [6.07, 6.45) is 4.16. The highest BCUT2D eigenvalue weighted by molar-refractivity contribution is 5.96. The van der Waals surface area contributed by atoms with Crippen molar-refractivity contribution in [3.63, 3.8) is 0 Å². The lowest BCUT2D eigenvalue weighted by molar-refractivity contribution is 0.0698. The number of aromatic carboxylic acids is 1. The summed E-state index contributed by atoms with van der Waals surface area (Å²) >= 11 is 0. The fourth-order valence-electron chi connectivity index (χ4n) is 3.68. The highest BCUT2D eigenvalue weighted by atomic mass is 16.4. The molecule has 0 saturated heterocycles. The van der Waals surface area contributed by atoms with Gasteiger partial charge in [-0.2, -0.15) is 9.78 Å². The molecule has 3 heterocycles. The smallest absolute Gasteiger partial charge is 0.337 e. The molecule has 4 aromatic rings. The third kappa shape index (κ3) is 4.07. The van der Waals surface area contributed by atoms with E-state index in [1.807, 2.05) is 52.0 Å². The minimum atomic E-state index is -1.00. The van der Waals surface area contributed by atoms with E-state index in [0.717, 1.165) is 28.1 Å². The number of hydrogen-bond acceptors (Lipinski definition) is 6. The first-order valence-electron chi connectivity index (χ1n) is 10.3. The average molecular weight is 428 g/mol. The van der Waals surface area contributed by atoms with Crippen molar-refractivity contribution in [1.82, 2.24) is 24.7 Å². The number of aryl methyl sites for hydroxylation is 4. The Hall–Kier alpha value is -4.07. The predicted molar refractivity (Wildman–Crippen MR) is 123 cm³/mol. The summed E-state index contributed by atoms with van der Waals surface area (Å²) in [5, 5.41) is 17.9. The summed E-state index contributed by atoms with van der Waals surface area (Å²) in [5.74, 6) is 0.851. The van der Waals surface area contributed by atoms with Crippen molar-refractivity contribution in [2.24, 2.45) is 0 Å². The number of benzene rings is 1. The number of anilines is 2. The molecule has 0 fully saturated rings. The van der Waals surface area contributed by atoms with Gasteiger partial charge in [-0.05, 0) is 45.4 Å². The lowest BCUT2D eigenvalue weighted by Crippen LogP contribution is -2.09. The highest BCUT2D eigenvalue weighted by Crippen LogP contribution is 2.36. The molecule has 32 heavy (non-hydrogen) atoms. The number of nitrogens with zero attached hydrogens (tertiary/aromatic N) is 5. The van der Waals surface area contributed by atoms with Crippen LogP contribution in [0.2, 0.25) is 0 Å². The second-order valence-electron chi connectivity index (χ2n) is 7.57. The summed E-state index contributed by atoms with van der Waals surface area (Å²) < 4.78 is 1.72. The Bertz CT molecular complexity index is 1280. The zero-order valence-corrected chi connectivity index (χ0v) is 18.4. The molecule has 4 rings (SSSR count). The minimum absolute atomic E-state index is 0.183. The van der Waals surface area contributed by atoms with Crippen molar-refractivity contribution >= 4 is 17.5 Å². The van der Waals surface area contributed by atoms with Gasteiger partial charge in [-0.3, -0.25) is 4.98 Å². The standard InChI is InChI=1S/C24H24N6O2/c1-5-19-22(17-7-6-10-25-13-17)23(28-20-9-8-14(2)11-18(20)24(31)32)30(29-19)21-12-15(3)26-16(4)27-21/h6-13,28H,5H2,1-4H3,(H,31,32). The van der Waals surface area contributed by atoms with Gasteiger partial charge >= 0.3 is 5.97 Å². The van der Waals surface area contributed by atoms with Crippen LogP contribution in [0.25, 0.3) is 16.9 Å². The molecule has 2 N–H and O–H groups in total. The third-order valence-electron chi connectivity index (χ3n) is 5.07. The van der Waals surface area contributed by atoms with Gasteiger partial charge in [0.15, 0.2) is 5.82 Å². The maximum atomic E-state index is 11.9. The minimum Gasteiger partial charge on any atom is -0.478 e. The average Bonchev–Trinajstić information content (AvgIpc) is 3.13. The molecule has 0 saturated carbocycles. The van der Waals surface area contributed by atoms with Gasteiger partial charge in [0.1, 0.15) is 11.6 Å². The maximum Gasteiger partial charge on any atom is 0.337 e. The van der Waals surface area contributed by atoms with Crippen LogP contribution in [0.15, 0.2) is 48.8 Å². The van der Waals surface area contributed by atoms with Gasteiger partial charge in [-0.15, -0.1) is 0 Å². The van der Waals surface area contributed by atoms with Crippen LogP contribution in [-0.4, -0.2) is 35.8 Å². The van der Waals surface area contributed by atoms with Crippen molar-refractivity contribution < 1.29 is 9.90 Å². The molecule has 0 atom stereocenters. The zero-order valence-electron chi connectivity index (χ0n) is 18.4. The first-order chi connectivity index (χ1) is 15.4. The molecular weight excluding hydrogens is 404 g/mol. The molecule has 0 aliphatic heterocycles. The van der Waals surface area contributed by atoms with Crippen LogP contribution in [0.4, 0.5) is 11.5 Å². The number of carboxylic acid groups (broad SMARTS) is 1. The van der Waals surface area contributed by atoms with Crippen molar-refractivity contribution in [2.45, 2.75) is 34.1 Å². The van der Waals surface area contributed by atoms with Crippen LogP contribution >= 0.6 is 0 Å². The normalized spacial score (nSPS) is 10.9. The van der Waals surface area contributed by atoms with E-state index in [2.05, 4.69) is 20.3 Å². The van der Waals surface area contributed by atoms with Gasteiger partial charge in [0.2, 0.25) is 0 Å². The highest BCUT2D eigenvalue weighted by Gasteiger charge is 2.23. The Balaban J connectivity index is 1.99. The second-order valence-corrected chi connectivity index (χ2v) is 7.57. The summed E-state index contributed by atoms with van der Waals surface area (Å²) in [6.45, 7) is 7.63. The molecule has 0 radical (unpaired) electrons. The Morgan fingerprint density at radius 1 is 1.12 bits per heavy atom. The summed E-state index contributed by atoms with van der Waals surface area (Å²) in [4.78, 5) is 25.1. The van der Waals surface area contributed by atoms with E-state index in [1.165, 1.54) is 0 Å². The number of nitrogens with one attached hydrogen (secondary N) is 1. The summed E-state index contributed by atoms with van der Waals surface area (Å²) in [5.41, 5.74) is 4.92. The molecule has 1 aromatic carbocycles. The molecule has 8 heteroatoms. The number of pyridine rings is 1. The van der Waals surface area contributed by atoms with Crippen molar-refractivity contribution in [2.75, 3.05) is 5.32 Å². The Labute approximate surface area is 186 Å². The quantitative estimate of drug-likeness (QED) is 0.460. The van der Waals surface area contributed by atoms with Crippen LogP contribution in [0, 0.1) is 20.8 Å². The molecule has 8 nitrogen and oxygen atoms in total. The Morgan fingerprint density at radius 2 is 1.94 bits per heavy atom.